The maximum absolute atomic E-state index is 12.8. The Labute approximate surface area is 130 Å². The van der Waals surface area contributed by atoms with E-state index < -0.39 is 13.4 Å². The second-order valence-corrected chi connectivity index (χ2v) is 7.35. The number of halogens is 1. The summed E-state index contributed by atoms with van der Waals surface area (Å²) in [5, 5.41) is -0.253. The van der Waals surface area contributed by atoms with Crippen molar-refractivity contribution in [3.63, 3.8) is 0 Å². The molecule has 20 heavy (non-hydrogen) atoms. The van der Waals surface area contributed by atoms with Gasteiger partial charge >= 0.3 is 7.60 Å². The zero-order valence-electron chi connectivity index (χ0n) is 12.6. The van der Waals surface area contributed by atoms with Crippen molar-refractivity contribution in [1.29, 1.82) is 0 Å². The minimum absolute atomic E-state index is 0.0344. The van der Waals surface area contributed by atoms with E-state index >= 15 is 0 Å². The van der Waals surface area contributed by atoms with Gasteiger partial charge in [-0.15, -0.1) is 11.6 Å². The molecule has 1 atom stereocenters. The third-order valence-electron chi connectivity index (χ3n) is 2.22. The van der Waals surface area contributed by atoms with Crippen LogP contribution in [0.4, 0.5) is 4.79 Å². The minimum Gasteiger partial charge on any atom is -0.307 e. The number of carbonyl (C=O) groups excluding carboxylic acids is 1. The van der Waals surface area contributed by atoms with Crippen molar-refractivity contribution in [2.24, 2.45) is 0 Å². The fourth-order valence-corrected chi connectivity index (χ4v) is 4.43. The molecule has 0 heterocycles. The number of allylic oxidation sites excluding steroid dienone is 1. The Kier molecular flexibility index (Phi) is 9.85. The highest BCUT2D eigenvalue weighted by Gasteiger charge is 2.40. The summed E-state index contributed by atoms with van der Waals surface area (Å²) in [5.74, 6) is -0.869. The molecule has 0 aliphatic heterocycles. The van der Waals surface area contributed by atoms with Crippen LogP contribution in [-0.2, 0) is 13.6 Å². The van der Waals surface area contributed by atoms with Gasteiger partial charge in [0.05, 0.1) is 19.1 Å². The number of hydrogen-bond acceptors (Lipinski definition) is 5. The van der Waals surface area contributed by atoms with Gasteiger partial charge in [-0.25, -0.2) is 0 Å². The smallest absolute Gasteiger partial charge is 0.307 e. The van der Waals surface area contributed by atoms with E-state index in [0.717, 1.165) is 17.3 Å². The van der Waals surface area contributed by atoms with Crippen LogP contribution in [0.15, 0.2) is 11.8 Å². The van der Waals surface area contributed by atoms with Crippen molar-refractivity contribution in [3.05, 3.63) is 11.8 Å². The Morgan fingerprint density at radius 2 is 1.85 bits per heavy atom. The molecule has 0 N–H and O–H groups in total. The molecule has 0 radical (unpaired) electrons. The summed E-state index contributed by atoms with van der Waals surface area (Å²) < 4.78 is 23.4. The highest BCUT2D eigenvalue weighted by molar-refractivity contribution is 8.12. The van der Waals surface area contributed by atoms with Crippen LogP contribution in [-0.4, -0.2) is 41.3 Å². The number of thioether (sulfide) groups is 1. The summed E-state index contributed by atoms with van der Waals surface area (Å²) in [4.78, 5) is 13.4. The number of rotatable bonds is 8. The summed E-state index contributed by atoms with van der Waals surface area (Å²) in [6.45, 7) is 7.58. The van der Waals surface area contributed by atoms with Gasteiger partial charge in [-0.2, -0.15) is 0 Å². The van der Waals surface area contributed by atoms with E-state index in [1.54, 1.807) is 26.3 Å². The lowest BCUT2D eigenvalue weighted by Crippen LogP contribution is -2.36. The standard InChI is InChI=1S/C12H23ClNO4PS/c1-6-17-19(16,18-7-2)11(8-13)14(9-10(3)4)12(15)20-5/h9,11H,6-8H2,1-5H3. The molecular weight excluding hydrogens is 321 g/mol. The van der Waals surface area contributed by atoms with Crippen molar-refractivity contribution in [3.8, 4) is 0 Å². The van der Waals surface area contributed by atoms with Crippen molar-refractivity contribution in [1.82, 2.24) is 4.90 Å². The molecule has 0 saturated heterocycles. The van der Waals surface area contributed by atoms with E-state index in [4.69, 9.17) is 20.6 Å². The van der Waals surface area contributed by atoms with Crippen molar-refractivity contribution in [2.75, 3.05) is 25.3 Å². The first kappa shape index (κ1) is 20.0. The Morgan fingerprint density at radius 1 is 1.35 bits per heavy atom. The monoisotopic (exact) mass is 343 g/mol. The Balaban J connectivity index is 5.58. The first-order valence-electron chi connectivity index (χ1n) is 6.32. The van der Waals surface area contributed by atoms with Gasteiger partial charge < -0.3 is 9.05 Å². The minimum atomic E-state index is -3.49. The zero-order valence-corrected chi connectivity index (χ0v) is 15.1. The first-order valence-corrected chi connectivity index (χ1v) is 9.69. The largest absolute Gasteiger partial charge is 0.354 e. The average Bonchev–Trinajstić information content (AvgIpc) is 2.37. The molecule has 0 aromatic carbocycles. The molecule has 0 aromatic heterocycles. The summed E-state index contributed by atoms with van der Waals surface area (Å²) in [5.41, 5.74) is 0.891. The quantitative estimate of drug-likeness (QED) is 0.479. The first-order chi connectivity index (χ1) is 9.36. The number of nitrogens with zero attached hydrogens (tertiary/aromatic N) is 1. The van der Waals surface area contributed by atoms with Crippen LogP contribution in [0.25, 0.3) is 0 Å². The topological polar surface area (TPSA) is 55.8 Å². The van der Waals surface area contributed by atoms with E-state index in [1.807, 2.05) is 13.8 Å². The molecule has 1 unspecified atom stereocenters. The second kappa shape index (κ2) is 9.85. The molecule has 0 aliphatic carbocycles. The number of hydrogen-bond donors (Lipinski definition) is 0. The van der Waals surface area contributed by atoms with Crippen LogP contribution in [0.5, 0.6) is 0 Å². The molecule has 1 amide bonds. The van der Waals surface area contributed by atoms with Gasteiger partial charge in [-0.1, -0.05) is 17.3 Å². The summed E-state index contributed by atoms with van der Waals surface area (Å²) in [7, 11) is -3.49. The summed E-state index contributed by atoms with van der Waals surface area (Å²) in [6, 6.07) is 0. The van der Waals surface area contributed by atoms with Crippen molar-refractivity contribution < 1.29 is 18.4 Å². The van der Waals surface area contributed by atoms with Crippen LogP contribution < -0.4 is 0 Å². The van der Waals surface area contributed by atoms with Gasteiger partial charge in [0.1, 0.15) is 0 Å². The third kappa shape index (κ3) is 5.78. The molecule has 5 nitrogen and oxygen atoms in total. The zero-order chi connectivity index (χ0) is 15.8. The lowest BCUT2D eigenvalue weighted by Gasteiger charge is -2.32. The summed E-state index contributed by atoms with van der Waals surface area (Å²) >= 11 is 6.96. The van der Waals surface area contributed by atoms with Gasteiger partial charge in [0.2, 0.25) is 0 Å². The molecule has 0 aliphatic rings. The van der Waals surface area contributed by atoms with E-state index in [0.29, 0.717) is 0 Å². The maximum atomic E-state index is 12.8. The molecule has 0 saturated carbocycles. The Hall–Kier alpha value is -0.000000000000000111. The van der Waals surface area contributed by atoms with Gasteiger partial charge in [0.25, 0.3) is 5.24 Å². The van der Waals surface area contributed by atoms with E-state index in [1.165, 1.54) is 4.90 Å². The number of alkyl halides is 1. The third-order valence-corrected chi connectivity index (χ3v) is 5.69. The predicted molar refractivity (Wildman–Crippen MR) is 85.5 cm³/mol. The van der Waals surface area contributed by atoms with Gasteiger partial charge in [-0.05, 0) is 34.0 Å². The molecule has 8 heteroatoms. The molecule has 0 spiro atoms. The van der Waals surface area contributed by atoms with E-state index in [2.05, 4.69) is 0 Å². The molecule has 0 aromatic rings. The van der Waals surface area contributed by atoms with Crippen LogP contribution >= 0.6 is 31.0 Å². The highest BCUT2D eigenvalue weighted by Crippen LogP contribution is 2.55. The fraction of sp³-hybridized carbons (Fsp3) is 0.750. The average molecular weight is 344 g/mol. The fourth-order valence-electron chi connectivity index (χ4n) is 1.52. The molecule has 0 rings (SSSR count). The highest BCUT2D eigenvalue weighted by atomic mass is 35.5. The number of amides is 1. The maximum Gasteiger partial charge on any atom is 0.354 e. The van der Waals surface area contributed by atoms with E-state index in [-0.39, 0.29) is 24.3 Å². The van der Waals surface area contributed by atoms with Crippen LogP contribution in [0.1, 0.15) is 27.7 Å². The van der Waals surface area contributed by atoms with Gasteiger partial charge in [0, 0.05) is 6.20 Å². The van der Waals surface area contributed by atoms with Gasteiger partial charge in [0.15, 0.2) is 5.78 Å². The lowest BCUT2D eigenvalue weighted by atomic mass is 10.4. The van der Waals surface area contributed by atoms with Crippen molar-refractivity contribution >= 4 is 36.2 Å². The van der Waals surface area contributed by atoms with Crippen molar-refractivity contribution in [2.45, 2.75) is 33.5 Å². The van der Waals surface area contributed by atoms with Gasteiger partial charge in [-0.3, -0.25) is 14.3 Å². The van der Waals surface area contributed by atoms with Crippen LogP contribution in [0.3, 0.4) is 0 Å². The Morgan fingerprint density at radius 3 is 2.15 bits per heavy atom. The molecular formula is C12H23ClNO4PS. The van der Waals surface area contributed by atoms with Crippen LogP contribution in [0, 0.1) is 0 Å². The van der Waals surface area contributed by atoms with E-state index in [9.17, 15) is 9.36 Å². The Bertz CT molecular complexity index is 378. The SMILES string of the molecule is CCOP(=O)(OCC)C(CCl)N(C=C(C)C)C(=O)SC. The normalized spacial score (nSPS) is 12.9. The molecule has 118 valence electrons. The van der Waals surface area contributed by atoms with Crippen LogP contribution in [0.2, 0.25) is 0 Å². The lowest BCUT2D eigenvalue weighted by molar-refractivity contribution is 0.190. The number of carbonyl (C=O) groups is 1. The molecule has 0 fully saturated rings. The molecule has 0 bridgehead atoms. The predicted octanol–water partition coefficient (Wildman–Crippen LogP) is 4.53. The second-order valence-electron chi connectivity index (χ2n) is 4.09. The summed E-state index contributed by atoms with van der Waals surface area (Å²) in [6.07, 6.45) is 3.28.